The number of ether oxygens (including phenoxy) is 2. The first kappa shape index (κ1) is 45.0. The number of nitrogens with one attached hydrogen (secondary N) is 5. The predicted molar refractivity (Wildman–Crippen MR) is 238 cm³/mol. The van der Waals surface area contributed by atoms with Crippen molar-refractivity contribution >= 4 is 78.0 Å². The second-order valence-electron chi connectivity index (χ2n) is 14.8. The van der Waals surface area contributed by atoms with Crippen molar-refractivity contribution in [1.82, 2.24) is 24.9 Å². The number of carbonyl (C=O) groups is 3. The summed E-state index contributed by atoms with van der Waals surface area (Å²) in [5.41, 5.74) is 1.99. The number of pyridine rings is 1. The molecule has 0 fully saturated rings. The zero-order valence-corrected chi connectivity index (χ0v) is 37.2. The smallest absolute Gasteiger partial charge is 0.381 e. The molecule has 0 spiro atoms. The number of sulfone groups is 1. The number of rotatable bonds is 17. The van der Waals surface area contributed by atoms with Crippen LogP contribution in [0.5, 0.6) is 11.5 Å². The molecule has 6 aromatic rings. The molecule has 0 bridgehead atoms. The first-order chi connectivity index (χ1) is 29.6. The van der Waals surface area contributed by atoms with Crippen molar-refractivity contribution < 1.29 is 37.1 Å². The lowest BCUT2D eigenvalue weighted by atomic mass is 10.2. The maximum Gasteiger partial charge on any atom is 0.381 e. The zero-order chi connectivity index (χ0) is 44.4. The molecule has 62 heavy (non-hydrogen) atoms. The van der Waals surface area contributed by atoms with E-state index in [-0.39, 0.29) is 44.1 Å². The molecule has 2 aromatic carbocycles. The van der Waals surface area contributed by atoms with Crippen molar-refractivity contribution in [2.24, 2.45) is 11.8 Å². The molecule has 0 saturated heterocycles. The molecule has 0 saturated carbocycles. The Labute approximate surface area is 366 Å². The van der Waals surface area contributed by atoms with Crippen LogP contribution in [0.15, 0.2) is 84.5 Å². The van der Waals surface area contributed by atoms with Crippen molar-refractivity contribution in [1.29, 1.82) is 0 Å². The SMILES string of the molecule is Cc1ccc(NC(=O)Nc2ncc(CS(=O)(=O)c3ncc(C(=O)ON(C(=O)Nc4ncc(CNc5ccccn5)s4)c4ccc(C)cc4OCC(C)C)[nH]3)s2)c(OCC(C)C)c1. The number of aromatic nitrogens is 5. The maximum atomic E-state index is 13.9. The van der Waals surface area contributed by atoms with E-state index in [0.29, 0.717) is 37.0 Å². The fraction of sp³-hybridized carbons (Fsp3) is 0.293. The second kappa shape index (κ2) is 20.3. The number of nitrogens with zero attached hydrogens (tertiary/aromatic N) is 5. The fourth-order valence-electron chi connectivity index (χ4n) is 5.34. The number of amides is 4. The molecule has 4 amide bonds. The van der Waals surface area contributed by atoms with Gasteiger partial charge in [-0.2, -0.15) is 0 Å². The Morgan fingerprint density at radius 1 is 0.774 bits per heavy atom. The first-order valence-electron chi connectivity index (χ1n) is 19.3. The lowest BCUT2D eigenvalue weighted by Gasteiger charge is -2.23. The van der Waals surface area contributed by atoms with Crippen LogP contribution in [0.25, 0.3) is 0 Å². The van der Waals surface area contributed by atoms with Crippen molar-refractivity contribution in [2.75, 3.05) is 39.5 Å². The minimum Gasteiger partial charge on any atom is -0.491 e. The zero-order valence-electron chi connectivity index (χ0n) is 34.7. The highest BCUT2D eigenvalue weighted by atomic mass is 32.2. The van der Waals surface area contributed by atoms with Gasteiger partial charge in [0.25, 0.3) is 0 Å². The number of thiazole rings is 2. The maximum absolute atomic E-state index is 13.9. The summed E-state index contributed by atoms with van der Waals surface area (Å²) in [5.74, 6) is 0.182. The molecule has 0 aliphatic heterocycles. The van der Waals surface area contributed by atoms with Gasteiger partial charge in [0.2, 0.25) is 15.0 Å². The number of imidazole rings is 1. The number of hydrogen-bond acceptors (Lipinski definition) is 15. The van der Waals surface area contributed by atoms with Gasteiger partial charge in [-0.05, 0) is 73.2 Å². The van der Waals surface area contributed by atoms with Gasteiger partial charge in [-0.1, -0.05) is 57.2 Å². The van der Waals surface area contributed by atoms with E-state index in [1.165, 1.54) is 17.5 Å². The Morgan fingerprint density at radius 3 is 2.15 bits per heavy atom. The van der Waals surface area contributed by atoms with E-state index in [1.54, 1.807) is 42.7 Å². The van der Waals surface area contributed by atoms with E-state index in [2.05, 4.69) is 46.2 Å². The van der Waals surface area contributed by atoms with Gasteiger partial charge in [0, 0.05) is 28.3 Å². The summed E-state index contributed by atoms with van der Waals surface area (Å²) in [4.78, 5) is 66.3. The molecule has 6 rings (SSSR count). The van der Waals surface area contributed by atoms with Crippen molar-refractivity contribution in [3.05, 3.63) is 106 Å². The average molecular weight is 903 g/mol. The lowest BCUT2D eigenvalue weighted by Crippen LogP contribution is -2.37. The quantitative estimate of drug-likeness (QED) is 0.0542. The van der Waals surface area contributed by atoms with Crippen LogP contribution in [0.3, 0.4) is 0 Å². The molecule has 0 radical (unpaired) electrons. The topological polar surface area (TPSA) is 232 Å². The van der Waals surface area contributed by atoms with Crippen LogP contribution in [0.4, 0.5) is 37.0 Å². The number of hydroxylamine groups is 1. The number of H-pyrrole nitrogens is 1. The number of carbonyl (C=O) groups excluding carboxylic acids is 3. The van der Waals surface area contributed by atoms with Crippen molar-refractivity contribution in [3.63, 3.8) is 0 Å². The number of hydrogen-bond donors (Lipinski definition) is 5. The molecule has 0 aliphatic carbocycles. The summed E-state index contributed by atoms with van der Waals surface area (Å²) in [5, 5.41) is 11.8. The van der Waals surface area contributed by atoms with Crippen LogP contribution >= 0.6 is 22.7 Å². The standard InChI is InChI=1S/C41H46N10O8S3/c1-24(2)21-57-33-15-26(5)10-12-30(33)47-37(53)49-38-45-19-29(61-38)23-62(55,56)40-46-20-31(48-40)36(52)59-51(32-13-11-27(6)16-34(32)58-22-25(3)4)41(54)50-39-44-18-28(60-39)17-43-35-9-7-8-14-42-35/h7-16,18-20,24-25H,17,21-23H2,1-6H3,(H,42,43)(H,46,48)(H,44,50,54)(H2,45,47,49,53). The average Bonchev–Trinajstić information content (AvgIpc) is 4.01. The molecule has 5 N–H and O–H groups in total. The Bertz CT molecular complexity index is 2610. The Balaban J connectivity index is 1.13. The van der Waals surface area contributed by atoms with Gasteiger partial charge in [0.1, 0.15) is 28.7 Å². The highest BCUT2D eigenvalue weighted by Gasteiger charge is 2.29. The van der Waals surface area contributed by atoms with Crippen molar-refractivity contribution in [3.8, 4) is 11.5 Å². The van der Waals surface area contributed by atoms with E-state index in [4.69, 9.17) is 14.3 Å². The molecule has 0 atom stereocenters. The van der Waals surface area contributed by atoms with Crippen molar-refractivity contribution in [2.45, 2.75) is 59.0 Å². The summed E-state index contributed by atoms with van der Waals surface area (Å²) < 4.78 is 38.9. The summed E-state index contributed by atoms with van der Waals surface area (Å²) >= 11 is 2.14. The largest absolute Gasteiger partial charge is 0.491 e. The molecule has 0 unspecified atom stereocenters. The van der Waals surface area contributed by atoms with Gasteiger partial charge in [-0.3, -0.25) is 10.6 Å². The third-order valence-corrected chi connectivity index (χ3v) is 11.8. The van der Waals surface area contributed by atoms with Crippen LogP contribution in [-0.2, 0) is 27.0 Å². The summed E-state index contributed by atoms with van der Waals surface area (Å²) in [7, 11) is -4.18. The second-order valence-corrected chi connectivity index (χ2v) is 18.9. The molecule has 0 aliphatic rings. The molecule has 4 heterocycles. The van der Waals surface area contributed by atoms with E-state index < -0.39 is 38.8 Å². The van der Waals surface area contributed by atoms with Gasteiger partial charge in [-0.25, -0.2) is 42.7 Å². The Kier molecular flexibility index (Phi) is 14.7. The van der Waals surface area contributed by atoms with Crippen LogP contribution in [0.2, 0.25) is 0 Å². The van der Waals surface area contributed by atoms with E-state index in [0.717, 1.165) is 38.6 Å². The van der Waals surface area contributed by atoms with Crippen LogP contribution in [0.1, 0.15) is 59.1 Å². The van der Waals surface area contributed by atoms with Crippen LogP contribution < -0.4 is 35.8 Å². The third kappa shape index (κ3) is 12.5. The van der Waals surface area contributed by atoms with Gasteiger partial charge in [-0.15, -0.1) is 16.4 Å². The summed E-state index contributed by atoms with van der Waals surface area (Å²) in [6, 6.07) is 14.4. The number of urea groups is 2. The molecule has 4 aromatic heterocycles. The van der Waals surface area contributed by atoms with E-state index in [1.807, 2.05) is 65.8 Å². The highest BCUT2D eigenvalue weighted by Crippen LogP contribution is 2.33. The van der Waals surface area contributed by atoms with Gasteiger partial charge >= 0.3 is 18.0 Å². The van der Waals surface area contributed by atoms with Gasteiger partial charge < -0.3 is 29.9 Å². The molecular formula is C41H46N10O8S3. The van der Waals surface area contributed by atoms with Gasteiger partial charge in [0.15, 0.2) is 10.3 Å². The third-order valence-electron chi connectivity index (χ3n) is 8.27. The minimum absolute atomic E-state index is 0.102. The first-order valence-corrected chi connectivity index (χ1v) is 22.6. The molecular weight excluding hydrogens is 857 g/mol. The molecule has 326 valence electrons. The fourth-order valence-corrected chi connectivity index (χ4v) is 8.45. The van der Waals surface area contributed by atoms with E-state index >= 15 is 0 Å². The van der Waals surface area contributed by atoms with Crippen LogP contribution in [-0.4, -0.2) is 64.6 Å². The number of benzene rings is 2. The minimum atomic E-state index is -4.18. The number of aryl methyl sites for hydroxylation is 2. The lowest BCUT2D eigenvalue weighted by molar-refractivity contribution is 0.0481. The van der Waals surface area contributed by atoms with Gasteiger partial charge in [0.05, 0.1) is 37.4 Å². The Morgan fingerprint density at radius 2 is 1.44 bits per heavy atom. The monoisotopic (exact) mass is 902 g/mol. The normalized spacial score (nSPS) is 11.3. The predicted octanol–water partition coefficient (Wildman–Crippen LogP) is 8.44. The van der Waals surface area contributed by atoms with E-state index in [9.17, 15) is 22.8 Å². The number of aromatic amines is 1. The summed E-state index contributed by atoms with van der Waals surface area (Å²) in [6.07, 6.45) is 5.57. The number of anilines is 5. The Hall–Kier alpha value is -6.58. The van der Waals surface area contributed by atoms with Crippen LogP contribution in [0, 0.1) is 25.7 Å². The molecule has 21 heteroatoms. The highest BCUT2D eigenvalue weighted by molar-refractivity contribution is 7.90. The summed E-state index contributed by atoms with van der Waals surface area (Å²) in [6.45, 7) is 12.9. The molecule has 18 nitrogen and oxygen atoms in total.